The summed E-state index contributed by atoms with van der Waals surface area (Å²) >= 11 is 0. The van der Waals surface area contributed by atoms with Gasteiger partial charge in [0.25, 0.3) is 5.78 Å². The Bertz CT molecular complexity index is 418. The average Bonchev–Trinajstić information content (AvgIpc) is 2.29. The van der Waals surface area contributed by atoms with E-state index in [1.807, 2.05) is 0 Å². The van der Waals surface area contributed by atoms with Gasteiger partial charge in [-0.05, 0) is 6.08 Å². The molecule has 0 spiro atoms. The van der Waals surface area contributed by atoms with Crippen LogP contribution in [-0.4, -0.2) is 44.8 Å². The van der Waals surface area contributed by atoms with E-state index in [9.17, 15) is 24.0 Å². The first kappa shape index (κ1) is 18.6. The lowest BCUT2D eigenvalue weighted by Gasteiger charge is -1.83. The van der Waals surface area contributed by atoms with Crippen LogP contribution in [0, 0.1) is 0 Å². The maximum absolute atomic E-state index is 10.2. The molecule has 8 heteroatoms. The zero-order chi connectivity index (χ0) is 15.4. The van der Waals surface area contributed by atoms with Gasteiger partial charge >= 0.3 is 17.9 Å². The zero-order valence-corrected chi connectivity index (χ0v) is 9.74. The molecule has 0 unspecified atom stereocenters. The van der Waals surface area contributed by atoms with Gasteiger partial charge in [0.05, 0.1) is 6.42 Å². The number of carboxylic acid groups (broad SMARTS) is 3. The summed E-state index contributed by atoms with van der Waals surface area (Å²) in [5, 5.41) is 24.0. The Morgan fingerprint density at radius 1 is 0.895 bits per heavy atom. The molecule has 0 amide bonds. The number of ketones is 2. The molecule has 0 bridgehead atoms. The molecule has 0 atom stereocenters. The number of carbonyl (C=O) groups is 5. The van der Waals surface area contributed by atoms with Gasteiger partial charge in [-0.1, -0.05) is 12.2 Å². The third kappa shape index (κ3) is 13.2. The summed E-state index contributed by atoms with van der Waals surface area (Å²) in [6.45, 7) is 3.20. The summed E-state index contributed by atoms with van der Waals surface area (Å²) < 4.78 is 0. The highest BCUT2D eigenvalue weighted by Crippen LogP contribution is 1.84. The SMILES string of the molecule is C=CCC(=O)C(=O)O.O=C(O)C/C=C/C(=O)C(=O)O. The molecule has 0 aliphatic heterocycles. The monoisotopic (exact) mass is 272 g/mol. The maximum Gasteiger partial charge on any atom is 0.376 e. The number of aliphatic carboxylic acids is 3. The summed E-state index contributed by atoms with van der Waals surface area (Å²) in [6, 6.07) is 0. The van der Waals surface area contributed by atoms with E-state index in [1.54, 1.807) is 0 Å². The number of hydrogen-bond donors (Lipinski definition) is 3. The van der Waals surface area contributed by atoms with Gasteiger partial charge in [0.15, 0.2) is 0 Å². The highest BCUT2D eigenvalue weighted by Gasteiger charge is 2.06. The molecule has 8 nitrogen and oxygen atoms in total. The maximum atomic E-state index is 10.2. The molecule has 104 valence electrons. The second kappa shape index (κ2) is 10.4. The van der Waals surface area contributed by atoms with Crippen molar-refractivity contribution in [3.05, 3.63) is 24.8 Å². The lowest BCUT2D eigenvalue weighted by molar-refractivity contribution is -0.148. The Balaban J connectivity index is 0. The highest BCUT2D eigenvalue weighted by atomic mass is 16.4. The van der Waals surface area contributed by atoms with Crippen LogP contribution >= 0.6 is 0 Å². The fourth-order valence-electron chi connectivity index (χ4n) is 0.556. The molecule has 0 aromatic carbocycles. The number of Topliss-reactive ketones (excluding diaryl/α,β-unsaturated/α-hetero) is 1. The van der Waals surface area contributed by atoms with Gasteiger partial charge in [-0.25, -0.2) is 9.59 Å². The highest BCUT2D eigenvalue weighted by molar-refractivity contribution is 6.37. The number of rotatable bonds is 7. The topological polar surface area (TPSA) is 146 Å². The van der Waals surface area contributed by atoms with Crippen molar-refractivity contribution in [3.8, 4) is 0 Å². The van der Waals surface area contributed by atoms with Crippen molar-refractivity contribution in [1.82, 2.24) is 0 Å². The molecule has 0 fully saturated rings. The third-order valence-electron chi connectivity index (χ3n) is 1.34. The Morgan fingerprint density at radius 3 is 1.68 bits per heavy atom. The van der Waals surface area contributed by atoms with Gasteiger partial charge < -0.3 is 15.3 Å². The van der Waals surface area contributed by atoms with Crippen molar-refractivity contribution in [2.45, 2.75) is 12.8 Å². The van der Waals surface area contributed by atoms with Crippen LogP contribution in [0.1, 0.15) is 12.8 Å². The number of carboxylic acids is 3. The van der Waals surface area contributed by atoms with Gasteiger partial charge in [0.2, 0.25) is 5.78 Å². The molecule has 0 saturated heterocycles. The predicted molar refractivity (Wildman–Crippen MR) is 61.5 cm³/mol. The number of carbonyl (C=O) groups excluding carboxylic acids is 2. The Labute approximate surface area is 107 Å². The van der Waals surface area contributed by atoms with Gasteiger partial charge in [-0.15, -0.1) is 6.58 Å². The first-order chi connectivity index (χ1) is 8.72. The van der Waals surface area contributed by atoms with Crippen LogP contribution in [0.3, 0.4) is 0 Å². The first-order valence-electron chi connectivity index (χ1n) is 4.75. The van der Waals surface area contributed by atoms with Gasteiger partial charge in [0, 0.05) is 6.42 Å². The molecule has 19 heavy (non-hydrogen) atoms. The summed E-state index contributed by atoms with van der Waals surface area (Å²) in [7, 11) is 0. The van der Waals surface area contributed by atoms with E-state index in [4.69, 9.17) is 15.3 Å². The van der Waals surface area contributed by atoms with E-state index in [1.165, 1.54) is 6.08 Å². The predicted octanol–water partition coefficient (Wildman–Crippen LogP) is -0.113. The Hall–Kier alpha value is -2.77. The standard InChI is InChI=1S/C6H6O5.C5H6O3/c7-4(6(10)11)2-1-3-5(8)9;1-2-3-4(6)5(7)8/h1-2H,3H2,(H,8,9)(H,10,11);2H,1,3H2,(H,7,8)/b2-1+;. The second-order valence-corrected chi connectivity index (χ2v) is 2.89. The van der Waals surface area contributed by atoms with Crippen molar-refractivity contribution in [2.24, 2.45) is 0 Å². The normalized spacial score (nSPS) is 9.05. The number of allylic oxidation sites excluding steroid dienone is 1. The second-order valence-electron chi connectivity index (χ2n) is 2.89. The summed E-state index contributed by atoms with van der Waals surface area (Å²) in [6.07, 6.45) is 2.53. The minimum Gasteiger partial charge on any atom is -0.481 e. The smallest absolute Gasteiger partial charge is 0.376 e. The third-order valence-corrected chi connectivity index (χ3v) is 1.34. The molecule has 3 N–H and O–H groups in total. The minimum atomic E-state index is -1.59. The van der Waals surface area contributed by atoms with E-state index in [2.05, 4.69) is 6.58 Å². The molecule has 0 aromatic heterocycles. The van der Waals surface area contributed by atoms with E-state index in [0.29, 0.717) is 0 Å². The van der Waals surface area contributed by atoms with Crippen LogP contribution in [0.5, 0.6) is 0 Å². The fourth-order valence-corrected chi connectivity index (χ4v) is 0.556. The molecule has 0 rings (SSSR count). The van der Waals surface area contributed by atoms with Crippen LogP contribution in [0.2, 0.25) is 0 Å². The van der Waals surface area contributed by atoms with E-state index < -0.39 is 29.5 Å². The van der Waals surface area contributed by atoms with E-state index in [-0.39, 0.29) is 12.8 Å². The van der Waals surface area contributed by atoms with Crippen LogP contribution in [-0.2, 0) is 24.0 Å². The molecule has 0 aromatic rings. The fraction of sp³-hybridized carbons (Fsp3) is 0.182. The minimum absolute atomic E-state index is 0.0880. The summed E-state index contributed by atoms with van der Waals surface area (Å²) in [4.78, 5) is 49.7. The Morgan fingerprint density at radius 2 is 1.42 bits per heavy atom. The molecule has 0 saturated carbocycles. The van der Waals surface area contributed by atoms with Crippen LogP contribution in [0.25, 0.3) is 0 Å². The molecular formula is C11H12O8. The van der Waals surface area contributed by atoms with E-state index in [0.717, 1.165) is 12.2 Å². The van der Waals surface area contributed by atoms with Gasteiger partial charge in [-0.3, -0.25) is 14.4 Å². The van der Waals surface area contributed by atoms with Crippen molar-refractivity contribution >= 4 is 29.5 Å². The van der Waals surface area contributed by atoms with Crippen LogP contribution in [0.4, 0.5) is 0 Å². The number of hydrogen-bond acceptors (Lipinski definition) is 5. The zero-order valence-electron chi connectivity index (χ0n) is 9.74. The van der Waals surface area contributed by atoms with Crippen LogP contribution < -0.4 is 0 Å². The van der Waals surface area contributed by atoms with E-state index >= 15 is 0 Å². The first-order valence-corrected chi connectivity index (χ1v) is 4.75. The van der Waals surface area contributed by atoms with Crippen molar-refractivity contribution in [2.75, 3.05) is 0 Å². The van der Waals surface area contributed by atoms with Crippen molar-refractivity contribution in [1.29, 1.82) is 0 Å². The van der Waals surface area contributed by atoms with Crippen molar-refractivity contribution in [3.63, 3.8) is 0 Å². The van der Waals surface area contributed by atoms with Gasteiger partial charge in [0.1, 0.15) is 0 Å². The molecule has 0 aliphatic rings. The summed E-state index contributed by atoms with van der Waals surface area (Å²) in [5.74, 6) is -6.04. The largest absolute Gasteiger partial charge is 0.481 e. The molecule has 0 aliphatic carbocycles. The molecular weight excluding hydrogens is 260 g/mol. The lowest BCUT2D eigenvalue weighted by atomic mass is 10.3. The van der Waals surface area contributed by atoms with Crippen LogP contribution in [0.15, 0.2) is 24.8 Å². The Kier molecular flexibility index (Phi) is 10.2. The quantitative estimate of drug-likeness (QED) is 0.330. The molecule has 0 radical (unpaired) electrons. The average molecular weight is 272 g/mol. The summed E-state index contributed by atoms with van der Waals surface area (Å²) in [5.41, 5.74) is 0. The van der Waals surface area contributed by atoms with Gasteiger partial charge in [-0.2, -0.15) is 0 Å². The lowest BCUT2D eigenvalue weighted by Crippen LogP contribution is -2.10. The van der Waals surface area contributed by atoms with Crippen molar-refractivity contribution < 1.29 is 39.3 Å². The molecule has 0 heterocycles.